The van der Waals surface area contributed by atoms with Gasteiger partial charge >= 0.3 is 0 Å². The predicted octanol–water partition coefficient (Wildman–Crippen LogP) is 6.45. The molecule has 1 aromatic carbocycles. The van der Waals surface area contributed by atoms with E-state index < -0.39 is 0 Å². The minimum Gasteiger partial charge on any atom is -0.258 e. The molecule has 0 radical (unpaired) electrons. The Morgan fingerprint density at radius 3 is 2.42 bits per heavy atom. The molecule has 0 spiro atoms. The summed E-state index contributed by atoms with van der Waals surface area (Å²) in [4.78, 5) is 11.1. The van der Waals surface area contributed by atoms with Gasteiger partial charge in [-0.25, -0.2) is 0 Å². The SMILES string of the molecule is CC.CC(NSC(C)(C)C)c1ccc(-c2ccsc2)c([N+](=O)[O-])c1. The Balaban J connectivity index is 0.00000139. The predicted molar refractivity (Wildman–Crippen MR) is 107 cm³/mol. The fourth-order valence-corrected chi connectivity index (χ4v) is 3.29. The molecule has 0 fully saturated rings. The van der Waals surface area contributed by atoms with Crippen molar-refractivity contribution in [2.75, 3.05) is 0 Å². The quantitative estimate of drug-likeness (QED) is 0.375. The largest absolute Gasteiger partial charge is 0.277 e. The molecule has 0 bridgehead atoms. The van der Waals surface area contributed by atoms with Crippen LogP contribution >= 0.6 is 23.3 Å². The van der Waals surface area contributed by atoms with Crippen LogP contribution in [0.2, 0.25) is 0 Å². The normalized spacial score (nSPS) is 12.2. The van der Waals surface area contributed by atoms with Gasteiger partial charge in [0, 0.05) is 16.9 Å². The molecule has 1 unspecified atom stereocenters. The monoisotopic (exact) mass is 366 g/mol. The molecule has 4 nitrogen and oxygen atoms in total. The lowest BCUT2D eigenvalue weighted by Gasteiger charge is -2.22. The zero-order valence-electron chi connectivity index (χ0n) is 15.1. The average molecular weight is 367 g/mol. The maximum Gasteiger partial charge on any atom is 0.277 e. The molecule has 0 aliphatic carbocycles. The van der Waals surface area contributed by atoms with Gasteiger partial charge < -0.3 is 0 Å². The van der Waals surface area contributed by atoms with Crippen molar-refractivity contribution in [1.82, 2.24) is 4.72 Å². The summed E-state index contributed by atoms with van der Waals surface area (Å²) in [6, 6.07) is 7.42. The first-order chi connectivity index (χ1) is 11.3. The molecule has 6 heteroatoms. The summed E-state index contributed by atoms with van der Waals surface area (Å²) in [6.07, 6.45) is 0. The minimum atomic E-state index is -0.305. The molecule has 1 N–H and O–H groups in total. The number of hydrogen-bond donors (Lipinski definition) is 1. The third-order valence-electron chi connectivity index (χ3n) is 3.09. The van der Waals surface area contributed by atoms with Gasteiger partial charge in [0.25, 0.3) is 5.69 Å². The van der Waals surface area contributed by atoms with Crippen molar-refractivity contribution in [2.45, 2.75) is 52.3 Å². The summed E-state index contributed by atoms with van der Waals surface area (Å²) < 4.78 is 3.45. The second-order valence-corrected chi connectivity index (χ2v) is 8.54. The zero-order valence-corrected chi connectivity index (χ0v) is 16.8. The molecule has 24 heavy (non-hydrogen) atoms. The van der Waals surface area contributed by atoms with Crippen LogP contribution in [0.3, 0.4) is 0 Å². The van der Waals surface area contributed by atoms with Crippen LogP contribution in [0.1, 0.15) is 53.1 Å². The van der Waals surface area contributed by atoms with Gasteiger partial charge in [-0.05, 0) is 61.7 Å². The van der Waals surface area contributed by atoms with E-state index in [4.69, 9.17) is 0 Å². The lowest BCUT2D eigenvalue weighted by molar-refractivity contribution is -0.384. The highest BCUT2D eigenvalue weighted by molar-refractivity contribution is 7.98. The second-order valence-electron chi connectivity index (χ2n) is 6.10. The van der Waals surface area contributed by atoms with Crippen molar-refractivity contribution in [3.05, 3.63) is 50.7 Å². The van der Waals surface area contributed by atoms with Gasteiger partial charge in [-0.2, -0.15) is 11.3 Å². The number of nitrogens with zero attached hydrogens (tertiary/aromatic N) is 1. The standard InChI is InChI=1S/C16H20N2O2S2.C2H6/c1-11(17-22-16(2,3)4)12-5-6-14(13-7-8-21-10-13)15(9-12)18(19)20;1-2/h5-11,17H,1-4H3;1-2H3. The van der Waals surface area contributed by atoms with E-state index in [9.17, 15) is 10.1 Å². The first-order valence-corrected chi connectivity index (χ1v) is 9.78. The van der Waals surface area contributed by atoms with Crippen molar-refractivity contribution >= 4 is 29.0 Å². The molecule has 1 atom stereocenters. The topological polar surface area (TPSA) is 55.2 Å². The average Bonchev–Trinajstić information content (AvgIpc) is 3.07. The maximum atomic E-state index is 11.4. The van der Waals surface area contributed by atoms with E-state index in [1.807, 2.05) is 49.7 Å². The third kappa shape index (κ3) is 5.92. The fraction of sp³-hybridized carbons (Fsp3) is 0.444. The molecule has 0 saturated carbocycles. The Bertz CT molecular complexity index is 650. The molecule has 132 valence electrons. The highest BCUT2D eigenvalue weighted by Gasteiger charge is 2.19. The Hall–Kier alpha value is -1.37. The molecule has 2 rings (SSSR count). The Morgan fingerprint density at radius 2 is 1.92 bits per heavy atom. The van der Waals surface area contributed by atoms with E-state index in [-0.39, 0.29) is 21.4 Å². The van der Waals surface area contributed by atoms with Crippen molar-refractivity contribution < 1.29 is 4.92 Å². The Morgan fingerprint density at radius 1 is 1.25 bits per heavy atom. The van der Waals surface area contributed by atoms with Crippen molar-refractivity contribution in [2.24, 2.45) is 0 Å². The number of nitro benzene ring substituents is 1. The Kier molecular flexibility index (Phi) is 7.93. The summed E-state index contributed by atoms with van der Waals surface area (Å²) >= 11 is 3.17. The van der Waals surface area contributed by atoms with Crippen LogP contribution in [-0.2, 0) is 0 Å². The number of rotatable bonds is 5. The molecule has 0 amide bonds. The van der Waals surface area contributed by atoms with Crippen molar-refractivity contribution in [1.29, 1.82) is 0 Å². The number of benzene rings is 1. The summed E-state index contributed by atoms with van der Waals surface area (Å²) in [6.45, 7) is 12.4. The van der Waals surface area contributed by atoms with Crippen LogP contribution in [0, 0.1) is 10.1 Å². The molecule has 0 aliphatic rings. The highest BCUT2D eigenvalue weighted by atomic mass is 32.2. The van der Waals surface area contributed by atoms with Crippen LogP contribution in [0.4, 0.5) is 5.69 Å². The van der Waals surface area contributed by atoms with Gasteiger partial charge in [0.1, 0.15) is 0 Å². The lowest BCUT2D eigenvalue weighted by Crippen LogP contribution is -2.19. The zero-order chi connectivity index (χ0) is 18.3. The van der Waals surface area contributed by atoms with Crippen LogP contribution in [-0.4, -0.2) is 9.67 Å². The minimum absolute atomic E-state index is 0.0412. The molecule has 2 aromatic rings. The lowest BCUT2D eigenvalue weighted by atomic mass is 10.0. The summed E-state index contributed by atoms with van der Waals surface area (Å²) in [7, 11) is 0. The number of nitrogens with one attached hydrogen (secondary N) is 1. The highest BCUT2D eigenvalue weighted by Crippen LogP contribution is 2.34. The summed E-state index contributed by atoms with van der Waals surface area (Å²) in [5.74, 6) is 0. The summed E-state index contributed by atoms with van der Waals surface area (Å²) in [5, 5.41) is 15.2. The smallest absolute Gasteiger partial charge is 0.258 e. The fourth-order valence-electron chi connectivity index (χ4n) is 1.96. The van der Waals surface area contributed by atoms with Gasteiger partial charge in [-0.15, -0.1) is 0 Å². The molecule has 0 saturated heterocycles. The van der Waals surface area contributed by atoms with E-state index in [0.29, 0.717) is 5.56 Å². The summed E-state index contributed by atoms with van der Waals surface area (Å²) in [5.41, 5.74) is 2.64. The van der Waals surface area contributed by atoms with E-state index in [2.05, 4.69) is 25.5 Å². The van der Waals surface area contributed by atoms with E-state index in [0.717, 1.165) is 11.1 Å². The van der Waals surface area contributed by atoms with Crippen LogP contribution in [0.15, 0.2) is 35.0 Å². The van der Waals surface area contributed by atoms with E-state index in [1.165, 1.54) is 11.3 Å². The van der Waals surface area contributed by atoms with Crippen molar-refractivity contribution in [3.8, 4) is 11.1 Å². The third-order valence-corrected chi connectivity index (χ3v) is 4.86. The molecule has 1 heterocycles. The Labute approximate surface area is 153 Å². The van der Waals surface area contributed by atoms with Gasteiger partial charge in [0.05, 0.1) is 10.5 Å². The first kappa shape index (κ1) is 20.7. The molecule has 1 aromatic heterocycles. The molecule has 0 aliphatic heterocycles. The van der Waals surface area contributed by atoms with Gasteiger partial charge in [0.15, 0.2) is 0 Å². The van der Waals surface area contributed by atoms with Gasteiger partial charge in [0.2, 0.25) is 0 Å². The number of thiophene rings is 1. The number of hydrogen-bond acceptors (Lipinski definition) is 5. The first-order valence-electron chi connectivity index (χ1n) is 8.02. The maximum absolute atomic E-state index is 11.4. The van der Waals surface area contributed by atoms with Crippen LogP contribution in [0.25, 0.3) is 11.1 Å². The van der Waals surface area contributed by atoms with Crippen molar-refractivity contribution in [3.63, 3.8) is 0 Å². The number of nitro groups is 1. The second kappa shape index (κ2) is 9.20. The van der Waals surface area contributed by atoms with Gasteiger partial charge in [-0.3, -0.25) is 14.8 Å². The van der Waals surface area contributed by atoms with E-state index in [1.54, 1.807) is 18.0 Å². The van der Waals surface area contributed by atoms with Crippen LogP contribution < -0.4 is 4.72 Å². The molecular formula is C18H26N2O2S2. The van der Waals surface area contributed by atoms with E-state index >= 15 is 0 Å². The van der Waals surface area contributed by atoms with Crippen LogP contribution in [0.5, 0.6) is 0 Å². The van der Waals surface area contributed by atoms with Gasteiger partial charge in [-0.1, -0.05) is 31.9 Å². The molecular weight excluding hydrogens is 340 g/mol.